The van der Waals surface area contributed by atoms with Crippen LogP contribution in [-0.2, 0) is 17.7 Å². The molecule has 110 valence electrons. The molecule has 2 atom stereocenters. The van der Waals surface area contributed by atoms with Crippen molar-refractivity contribution in [3.63, 3.8) is 0 Å². The Morgan fingerprint density at radius 3 is 2.53 bits per heavy atom. The lowest BCUT2D eigenvalue weighted by Gasteiger charge is -2.26. The van der Waals surface area contributed by atoms with Gasteiger partial charge in [-0.3, -0.25) is 4.68 Å². The summed E-state index contributed by atoms with van der Waals surface area (Å²) < 4.78 is 7.56. The topological polar surface area (TPSA) is 39.1 Å². The molecule has 0 aromatic carbocycles. The molecule has 1 aromatic heterocycles. The van der Waals surface area contributed by atoms with Gasteiger partial charge >= 0.3 is 0 Å². The summed E-state index contributed by atoms with van der Waals surface area (Å²) in [5.41, 5.74) is 2.00. The van der Waals surface area contributed by atoms with Crippen molar-refractivity contribution in [1.29, 1.82) is 0 Å². The summed E-state index contributed by atoms with van der Waals surface area (Å²) in [5.74, 6) is 0. The molecule has 0 saturated heterocycles. The molecule has 2 unspecified atom stereocenters. The second kappa shape index (κ2) is 7.88. The molecule has 0 spiro atoms. The quantitative estimate of drug-likeness (QED) is 0.799. The van der Waals surface area contributed by atoms with Gasteiger partial charge in [0.15, 0.2) is 0 Å². The van der Waals surface area contributed by atoms with Crippen molar-refractivity contribution in [2.45, 2.75) is 59.2 Å². The highest BCUT2D eigenvalue weighted by Gasteiger charge is 2.23. The molecular formula is C14H26ClN3O. The van der Waals surface area contributed by atoms with Crippen molar-refractivity contribution in [2.75, 3.05) is 13.7 Å². The molecule has 0 aliphatic carbocycles. The fraction of sp³-hybridized carbons (Fsp3) is 0.786. The van der Waals surface area contributed by atoms with E-state index in [0.717, 1.165) is 42.3 Å². The highest BCUT2D eigenvalue weighted by atomic mass is 35.5. The smallest absolute Gasteiger partial charge is 0.0847 e. The lowest BCUT2D eigenvalue weighted by Crippen LogP contribution is -2.42. The Bertz CT molecular complexity index is 388. The van der Waals surface area contributed by atoms with Gasteiger partial charge in [0.1, 0.15) is 0 Å². The summed E-state index contributed by atoms with van der Waals surface area (Å²) in [6, 6.07) is 0.263. The molecule has 1 aromatic rings. The molecule has 0 aliphatic heterocycles. The van der Waals surface area contributed by atoms with Crippen LogP contribution in [0.1, 0.15) is 38.6 Å². The molecule has 0 aliphatic rings. The Labute approximate surface area is 121 Å². The van der Waals surface area contributed by atoms with Crippen molar-refractivity contribution in [2.24, 2.45) is 0 Å². The number of hydrogen-bond acceptors (Lipinski definition) is 3. The molecule has 19 heavy (non-hydrogen) atoms. The second-order valence-electron chi connectivity index (χ2n) is 4.71. The summed E-state index contributed by atoms with van der Waals surface area (Å²) in [6.07, 6.45) is 2.01. The normalized spacial score (nSPS) is 14.6. The summed E-state index contributed by atoms with van der Waals surface area (Å²) >= 11 is 6.38. The van der Waals surface area contributed by atoms with E-state index >= 15 is 0 Å². The van der Waals surface area contributed by atoms with E-state index in [1.165, 1.54) is 0 Å². The minimum absolute atomic E-state index is 0.191. The van der Waals surface area contributed by atoms with E-state index in [0.29, 0.717) is 0 Å². The first-order valence-corrected chi connectivity index (χ1v) is 7.44. The third-order valence-corrected chi connectivity index (χ3v) is 3.98. The van der Waals surface area contributed by atoms with E-state index in [2.05, 4.69) is 31.2 Å². The van der Waals surface area contributed by atoms with Crippen LogP contribution in [0.25, 0.3) is 0 Å². The van der Waals surface area contributed by atoms with Gasteiger partial charge in [0.05, 0.1) is 22.5 Å². The van der Waals surface area contributed by atoms with E-state index in [1.807, 2.05) is 11.6 Å². The van der Waals surface area contributed by atoms with E-state index in [-0.39, 0.29) is 12.1 Å². The number of aryl methyl sites for hydroxylation is 2. The SMILES string of the molecule is CCNC(Cc1c(Cl)c(C)nn1CC)C(CC)OC. The minimum atomic E-state index is 0.191. The molecule has 5 heteroatoms. The van der Waals surface area contributed by atoms with E-state index in [9.17, 15) is 0 Å². The molecular weight excluding hydrogens is 262 g/mol. The number of ether oxygens (including phenoxy) is 1. The van der Waals surface area contributed by atoms with E-state index in [4.69, 9.17) is 16.3 Å². The highest BCUT2D eigenvalue weighted by Crippen LogP contribution is 2.23. The molecule has 0 saturated carbocycles. The number of aromatic nitrogens is 2. The van der Waals surface area contributed by atoms with Crippen LogP contribution in [0.2, 0.25) is 5.02 Å². The first-order chi connectivity index (χ1) is 9.08. The van der Waals surface area contributed by atoms with Crippen molar-refractivity contribution in [1.82, 2.24) is 15.1 Å². The number of methoxy groups -OCH3 is 1. The maximum atomic E-state index is 6.38. The van der Waals surface area contributed by atoms with Crippen molar-refractivity contribution in [3.8, 4) is 0 Å². The minimum Gasteiger partial charge on any atom is -0.380 e. The van der Waals surface area contributed by atoms with Crippen molar-refractivity contribution >= 4 is 11.6 Å². The Balaban J connectivity index is 2.95. The third-order valence-electron chi connectivity index (χ3n) is 3.49. The molecule has 0 fully saturated rings. The highest BCUT2D eigenvalue weighted by molar-refractivity contribution is 6.31. The largest absolute Gasteiger partial charge is 0.380 e. The molecule has 1 N–H and O–H groups in total. The zero-order valence-corrected chi connectivity index (χ0v) is 13.4. The maximum absolute atomic E-state index is 6.38. The molecule has 0 bridgehead atoms. The predicted molar refractivity (Wildman–Crippen MR) is 79.9 cm³/mol. The standard InChI is InChI=1S/C14H26ClN3O/c1-6-13(19-5)11(16-7-2)9-12-14(15)10(4)17-18(12)8-3/h11,13,16H,6-9H2,1-5H3. The Hall–Kier alpha value is -0.580. The Kier molecular flexibility index (Phi) is 6.83. The van der Waals surface area contributed by atoms with Gasteiger partial charge in [-0.15, -0.1) is 0 Å². The van der Waals surface area contributed by atoms with Gasteiger partial charge < -0.3 is 10.1 Å². The summed E-state index contributed by atoms with van der Waals surface area (Å²) in [5, 5.41) is 8.75. The first-order valence-electron chi connectivity index (χ1n) is 7.06. The number of hydrogen-bond donors (Lipinski definition) is 1. The van der Waals surface area contributed by atoms with Crippen LogP contribution in [0.15, 0.2) is 0 Å². The Morgan fingerprint density at radius 2 is 2.05 bits per heavy atom. The van der Waals surface area contributed by atoms with Gasteiger partial charge in [-0.1, -0.05) is 25.4 Å². The van der Waals surface area contributed by atoms with Crippen LogP contribution < -0.4 is 5.32 Å². The second-order valence-corrected chi connectivity index (χ2v) is 5.09. The van der Waals surface area contributed by atoms with Gasteiger partial charge in [0.25, 0.3) is 0 Å². The molecule has 1 heterocycles. The van der Waals surface area contributed by atoms with Gasteiger partial charge in [0, 0.05) is 26.1 Å². The van der Waals surface area contributed by atoms with Gasteiger partial charge in [0.2, 0.25) is 0 Å². The predicted octanol–water partition coefficient (Wildman–Crippen LogP) is 2.81. The van der Waals surface area contributed by atoms with Gasteiger partial charge in [-0.2, -0.15) is 5.10 Å². The zero-order chi connectivity index (χ0) is 14.4. The van der Waals surface area contributed by atoms with Crippen LogP contribution in [-0.4, -0.2) is 35.6 Å². The fourth-order valence-corrected chi connectivity index (χ4v) is 2.70. The number of rotatable bonds is 8. The molecule has 0 radical (unpaired) electrons. The van der Waals surface area contributed by atoms with Crippen molar-refractivity contribution in [3.05, 3.63) is 16.4 Å². The van der Waals surface area contributed by atoms with Crippen LogP contribution in [0.3, 0.4) is 0 Å². The van der Waals surface area contributed by atoms with E-state index in [1.54, 1.807) is 7.11 Å². The maximum Gasteiger partial charge on any atom is 0.0847 e. The Morgan fingerprint density at radius 1 is 1.37 bits per heavy atom. The molecule has 1 rings (SSSR count). The number of nitrogens with one attached hydrogen (secondary N) is 1. The third kappa shape index (κ3) is 3.94. The van der Waals surface area contributed by atoms with Gasteiger partial charge in [-0.05, 0) is 26.8 Å². The summed E-state index contributed by atoms with van der Waals surface area (Å²) in [7, 11) is 1.77. The lowest BCUT2D eigenvalue weighted by atomic mass is 10.0. The fourth-order valence-electron chi connectivity index (χ4n) is 2.49. The monoisotopic (exact) mass is 287 g/mol. The number of halogens is 1. The van der Waals surface area contributed by atoms with Crippen LogP contribution in [0, 0.1) is 6.92 Å². The van der Waals surface area contributed by atoms with Crippen LogP contribution >= 0.6 is 11.6 Å². The summed E-state index contributed by atoms with van der Waals surface area (Å²) in [6.45, 7) is 10.0. The van der Waals surface area contributed by atoms with E-state index < -0.39 is 0 Å². The first kappa shape index (κ1) is 16.5. The van der Waals surface area contributed by atoms with Gasteiger partial charge in [-0.25, -0.2) is 0 Å². The van der Waals surface area contributed by atoms with Crippen LogP contribution in [0.4, 0.5) is 0 Å². The zero-order valence-electron chi connectivity index (χ0n) is 12.7. The number of likely N-dealkylation sites (N-methyl/N-ethyl adjacent to an activating group) is 1. The average Bonchev–Trinajstić information content (AvgIpc) is 2.68. The summed E-state index contributed by atoms with van der Waals surface area (Å²) in [4.78, 5) is 0. The molecule has 4 nitrogen and oxygen atoms in total. The van der Waals surface area contributed by atoms with Crippen molar-refractivity contribution < 1.29 is 4.74 Å². The lowest BCUT2D eigenvalue weighted by molar-refractivity contribution is 0.0652. The average molecular weight is 288 g/mol. The number of nitrogens with zero attached hydrogens (tertiary/aromatic N) is 2. The van der Waals surface area contributed by atoms with Crippen LogP contribution in [0.5, 0.6) is 0 Å². The molecule has 0 amide bonds.